The monoisotopic (exact) mass is 848 g/mol. The summed E-state index contributed by atoms with van der Waals surface area (Å²) in [6.07, 6.45) is 6.93. The highest BCUT2D eigenvalue weighted by Gasteiger charge is 2.30. The summed E-state index contributed by atoms with van der Waals surface area (Å²) in [6, 6.07) is 38.4. The van der Waals surface area contributed by atoms with Gasteiger partial charge in [-0.25, -0.2) is 24.3 Å². The second-order valence-corrected chi connectivity index (χ2v) is 14.4. The van der Waals surface area contributed by atoms with Crippen molar-refractivity contribution < 1.29 is 17.6 Å². The predicted molar refractivity (Wildman–Crippen MR) is 239 cm³/mol. The van der Waals surface area contributed by atoms with Crippen molar-refractivity contribution in [1.82, 2.24) is 29.9 Å². The van der Waals surface area contributed by atoms with Gasteiger partial charge in [0.2, 0.25) is 11.9 Å². The molecule has 8 aromatic rings. The maximum atomic E-state index is 13.4. The molecule has 4 heterocycles. The molecule has 2 atom stereocenters. The molecule has 63 heavy (non-hydrogen) atoms. The first-order valence-corrected chi connectivity index (χ1v) is 20.2. The summed E-state index contributed by atoms with van der Waals surface area (Å²) in [5.74, 6) is 0.615. The Kier molecular flexibility index (Phi) is 14.5. The normalized spacial score (nSPS) is 12.1. The Morgan fingerprint density at radius 2 is 0.968 bits per heavy atom. The number of nitrogens with two attached hydrogens (primary N) is 2. The first kappa shape index (κ1) is 43.7. The molecule has 0 bridgehead atoms. The number of nitrogens with zero attached hydrogens (tertiary/aromatic N) is 6. The molecule has 318 valence electrons. The number of rotatable bonds is 14. The maximum absolute atomic E-state index is 13.4. The number of nitrogens with one attached hydrogen (secondary N) is 2. The van der Waals surface area contributed by atoms with Crippen LogP contribution in [0, 0.1) is 5.82 Å². The molecule has 0 spiro atoms. The van der Waals surface area contributed by atoms with Gasteiger partial charge >= 0.3 is 6.18 Å². The summed E-state index contributed by atoms with van der Waals surface area (Å²) >= 11 is 0. The van der Waals surface area contributed by atoms with Crippen LogP contribution < -0.4 is 22.1 Å². The van der Waals surface area contributed by atoms with Crippen LogP contribution >= 0.6 is 0 Å². The van der Waals surface area contributed by atoms with Gasteiger partial charge in [0, 0.05) is 84.6 Å². The average molecular weight is 849 g/mol. The van der Waals surface area contributed by atoms with Crippen LogP contribution in [0.3, 0.4) is 0 Å². The summed E-state index contributed by atoms with van der Waals surface area (Å²) in [6.45, 7) is 1.18. The second kappa shape index (κ2) is 20.9. The summed E-state index contributed by atoms with van der Waals surface area (Å²) in [5, 5.41) is 6.44. The van der Waals surface area contributed by atoms with Gasteiger partial charge in [-0.05, 0) is 83.6 Å². The van der Waals surface area contributed by atoms with Crippen LogP contribution in [0.1, 0.15) is 41.6 Å². The number of hydrogen-bond acceptors (Lipinski definition) is 10. The minimum Gasteiger partial charge on any atom is -0.354 e. The molecular weight excluding hydrogens is 805 g/mol. The van der Waals surface area contributed by atoms with Crippen LogP contribution in [0.15, 0.2) is 171 Å². The molecule has 0 fully saturated rings. The Hall–Kier alpha value is -7.42. The molecule has 0 aliphatic rings. The molecule has 0 saturated carbocycles. The first-order chi connectivity index (χ1) is 30.6. The third kappa shape index (κ3) is 11.9. The van der Waals surface area contributed by atoms with E-state index >= 15 is 0 Å². The zero-order valence-electron chi connectivity index (χ0n) is 34.0. The first-order valence-electron chi connectivity index (χ1n) is 20.2. The number of anilines is 2. The molecule has 0 radical (unpaired) electrons. The topological polar surface area (TPSA) is 153 Å². The van der Waals surface area contributed by atoms with Crippen LogP contribution in [-0.2, 0) is 6.18 Å². The zero-order valence-corrected chi connectivity index (χ0v) is 34.0. The van der Waals surface area contributed by atoms with E-state index < -0.39 is 11.7 Å². The number of benzene rings is 4. The van der Waals surface area contributed by atoms with E-state index in [9.17, 15) is 17.6 Å². The lowest BCUT2D eigenvalue weighted by molar-refractivity contribution is -0.137. The highest BCUT2D eigenvalue weighted by atomic mass is 19.4. The standard InChI is InChI=1S/C25H22F3N5.C24H22FN5/c26-25(27,28)20-8-4-7-19(15-20)21-16-32-24(33-23(21)18-9-12-30-13-10-18)31-14-11-22(29)17-5-2-1-3-6-17;25-20-8-6-17(7-9-20)21-16-29-24(30-23(21)19-10-13-27-14-11-19)28-15-12-22(26)18-4-2-1-3-5-18/h1-10,12-13,15-16,22H,11,14,29H2,(H,31,32,33);1-11,13-14,16,22H,12,15,26H2,(H,28,29,30). The SMILES string of the molecule is NC(CCNc1ncc(-c2ccc(F)cc2)c(-c2ccncc2)n1)c1ccccc1.NC(CCNc1ncc(-c2cccc(C(F)(F)F)c2)c(-c2ccncc2)n1)c1ccccc1. The third-order valence-corrected chi connectivity index (χ3v) is 10.1. The summed E-state index contributed by atoms with van der Waals surface area (Å²) in [4.78, 5) is 26.2. The van der Waals surface area contributed by atoms with E-state index in [4.69, 9.17) is 16.5 Å². The fraction of sp³-hybridized carbons (Fsp3) is 0.143. The van der Waals surface area contributed by atoms with Gasteiger partial charge in [-0.3, -0.25) is 9.97 Å². The van der Waals surface area contributed by atoms with Gasteiger partial charge in [0.1, 0.15) is 5.82 Å². The molecule has 0 aliphatic heterocycles. The highest BCUT2D eigenvalue weighted by Crippen LogP contribution is 2.36. The molecule has 0 aliphatic carbocycles. The Balaban J connectivity index is 0.000000190. The molecule has 0 amide bonds. The van der Waals surface area contributed by atoms with Crippen LogP contribution in [0.5, 0.6) is 0 Å². The van der Waals surface area contributed by atoms with Crippen LogP contribution in [0.4, 0.5) is 29.5 Å². The molecule has 4 aromatic carbocycles. The fourth-order valence-electron chi connectivity index (χ4n) is 6.72. The van der Waals surface area contributed by atoms with Crippen molar-refractivity contribution in [3.8, 4) is 44.8 Å². The number of pyridine rings is 2. The number of halogens is 4. The van der Waals surface area contributed by atoms with E-state index in [0.29, 0.717) is 48.2 Å². The number of hydrogen-bond donors (Lipinski definition) is 4. The van der Waals surface area contributed by atoms with Gasteiger partial charge < -0.3 is 22.1 Å². The van der Waals surface area contributed by atoms with Crippen molar-refractivity contribution >= 4 is 11.9 Å². The lowest BCUT2D eigenvalue weighted by Gasteiger charge is -2.15. The van der Waals surface area contributed by atoms with E-state index in [1.807, 2.05) is 72.8 Å². The van der Waals surface area contributed by atoms with Crippen molar-refractivity contribution in [3.05, 3.63) is 193 Å². The second-order valence-electron chi connectivity index (χ2n) is 14.4. The smallest absolute Gasteiger partial charge is 0.354 e. The molecular formula is C49H44F4N10. The van der Waals surface area contributed by atoms with Crippen molar-refractivity contribution in [2.75, 3.05) is 23.7 Å². The average Bonchev–Trinajstić information content (AvgIpc) is 3.33. The van der Waals surface area contributed by atoms with E-state index in [2.05, 4.69) is 35.6 Å². The molecule has 6 N–H and O–H groups in total. The van der Waals surface area contributed by atoms with Gasteiger partial charge in [-0.1, -0.05) is 84.9 Å². The van der Waals surface area contributed by atoms with E-state index in [-0.39, 0.29) is 17.9 Å². The van der Waals surface area contributed by atoms with Crippen LogP contribution in [0.25, 0.3) is 44.8 Å². The Labute approximate surface area is 362 Å². The van der Waals surface area contributed by atoms with Gasteiger partial charge in [0.05, 0.1) is 17.0 Å². The predicted octanol–water partition coefficient (Wildman–Crippen LogP) is 10.6. The van der Waals surface area contributed by atoms with Crippen molar-refractivity contribution in [1.29, 1.82) is 0 Å². The van der Waals surface area contributed by atoms with E-state index in [1.54, 1.807) is 61.3 Å². The van der Waals surface area contributed by atoms with Crippen LogP contribution in [-0.4, -0.2) is 43.0 Å². The Morgan fingerprint density at radius 3 is 1.43 bits per heavy atom. The lowest BCUT2D eigenvalue weighted by atomic mass is 9.99. The maximum Gasteiger partial charge on any atom is 0.416 e. The summed E-state index contributed by atoms with van der Waals surface area (Å²) in [7, 11) is 0. The van der Waals surface area contributed by atoms with Crippen molar-refractivity contribution in [2.24, 2.45) is 11.5 Å². The molecule has 2 unspecified atom stereocenters. The van der Waals surface area contributed by atoms with Gasteiger partial charge in [-0.15, -0.1) is 0 Å². The number of aromatic nitrogens is 6. The summed E-state index contributed by atoms with van der Waals surface area (Å²) < 4.78 is 53.1. The lowest BCUT2D eigenvalue weighted by Crippen LogP contribution is -2.16. The van der Waals surface area contributed by atoms with Crippen molar-refractivity contribution in [2.45, 2.75) is 31.1 Å². The zero-order chi connectivity index (χ0) is 44.0. The quantitative estimate of drug-likeness (QED) is 0.0778. The number of alkyl halides is 3. The highest BCUT2D eigenvalue weighted by molar-refractivity contribution is 5.82. The summed E-state index contributed by atoms with van der Waals surface area (Å²) in [5.41, 5.74) is 19.4. The molecule has 4 aromatic heterocycles. The van der Waals surface area contributed by atoms with Gasteiger partial charge in [0.25, 0.3) is 0 Å². The molecule has 14 heteroatoms. The van der Waals surface area contributed by atoms with E-state index in [1.165, 1.54) is 24.4 Å². The minimum absolute atomic E-state index is 0.0585. The Bertz CT molecular complexity index is 2660. The Morgan fingerprint density at radius 1 is 0.508 bits per heavy atom. The minimum atomic E-state index is -4.44. The molecule has 10 nitrogen and oxygen atoms in total. The largest absolute Gasteiger partial charge is 0.416 e. The molecule has 0 saturated heterocycles. The van der Waals surface area contributed by atoms with Crippen molar-refractivity contribution in [3.63, 3.8) is 0 Å². The fourth-order valence-corrected chi connectivity index (χ4v) is 6.72. The third-order valence-electron chi connectivity index (χ3n) is 10.1. The van der Waals surface area contributed by atoms with Gasteiger partial charge in [0.15, 0.2) is 0 Å². The van der Waals surface area contributed by atoms with Gasteiger partial charge in [-0.2, -0.15) is 13.2 Å². The van der Waals surface area contributed by atoms with Crippen LogP contribution in [0.2, 0.25) is 0 Å². The van der Waals surface area contributed by atoms with E-state index in [0.717, 1.165) is 57.6 Å². The molecule has 8 rings (SSSR count).